The molecule has 0 spiro atoms. The van der Waals surface area contributed by atoms with Gasteiger partial charge in [0.25, 0.3) is 5.91 Å². The van der Waals surface area contributed by atoms with Crippen LogP contribution in [-0.2, 0) is 6.54 Å². The van der Waals surface area contributed by atoms with E-state index in [1.54, 1.807) is 35.4 Å². The summed E-state index contributed by atoms with van der Waals surface area (Å²) in [5.74, 6) is -0.0908. The lowest BCUT2D eigenvalue weighted by Crippen LogP contribution is -2.26. The number of halogens is 1. The van der Waals surface area contributed by atoms with Crippen LogP contribution in [0.1, 0.15) is 16.1 Å². The molecule has 4 nitrogen and oxygen atoms in total. The number of carbonyl (C=O) groups is 1. The fourth-order valence-electron chi connectivity index (χ4n) is 2.16. The first-order valence-corrected chi connectivity index (χ1v) is 8.03. The Morgan fingerprint density at radius 2 is 2.23 bits per heavy atom. The summed E-state index contributed by atoms with van der Waals surface area (Å²) in [5.41, 5.74) is 3.17. The lowest BCUT2D eigenvalue weighted by molar-refractivity contribution is 0.0779. The number of hydrogen-bond donors (Lipinski definition) is 1. The van der Waals surface area contributed by atoms with E-state index < -0.39 is 0 Å². The van der Waals surface area contributed by atoms with Gasteiger partial charge >= 0.3 is 0 Å². The highest BCUT2D eigenvalue weighted by Crippen LogP contribution is 2.22. The Morgan fingerprint density at radius 1 is 1.36 bits per heavy atom. The number of nitrogens with one attached hydrogen (secondary N) is 1. The Labute approximate surface area is 137 Å². The van der Waals surface area contributed by atoms with Crippen molar-refractivity contribution >= 4 is 28.8 Å². The number of amides is 1. The van der Waals surface area contributed by atoms with Crippen LogP contribution in [0.25, 0.3) is 11.3 Å². The minimum atomic E-state index is -0.0908. The lowest BCUT2D eigenvalue weighted by atomic mass is 10.1. The highest BCUT2D eigenvalue weighted by molar-refractivity contribution is 7.07. The maximum atomic E-state index is 12.4. The van der Waals surface area contributed by atoms with Crippen molar-refractivity contribution in [1.29, 1.82) is 0 Å². The minimum Gasteiger partial charge on any atom is -0.336 e. The zero-order valence-corrected chi connectivity index (χ0v) is 13.5. The third-order valence-electron chi connectivity index (χ3n) is 3.28. The van der Waals surface area contributed by atoms with Crippen LogP contribution in [0.5, 0.6) is 0 Å². The van der Waals surface area contributed by atoms with Crippen LogP contribution >= 0.6 is 22.9 Å². The van der Waals surface area contributed by atoms with Gasteiger partial charge in [-0.1, -0.05) is 23.7 Å². The van der Waals surface area contributed by atoms with Gasteiger partial charge in [0.1, 0.15) is 5.69 Å². The molecule has 1 amide bonds. The summed E-state index contributed by atoms with van der Waals surface area (Å²) in [6.07, 6.45) is 0. The third kappa shape index (κ3) is 3.21. The number of carbonyl (C=O) groups excluding carboxylic acids is 1. The number of aromatic amines is 1. The van der Waals surface area contributed by atoms with Gasteiger partial charge in [0.2, 0.25) is 0 Å². The first-order chi connectivity index (χ1) is 10.6. The molecule has 1 aromatic carbocycles. The lowest BCUT2D eigenvalue weighted by Gasteiger charge is -2.14. The van der Waals surface area contributed by atoms with Gasteiger partial charge < -0.3 is 4.90 Å². The Morgan fingerprint density at radius 3 is 2.95 bits per heavy atom. The molecular weight excluding hydrogens is 318 g/mol. The van der Waals surface area contributed by atoms with Crippen LogP contribution < -0.4 is 0 Å². The Hall–Kier alpha value is -2.11. The normalized spacial score (nSPS) is 10.6. The fourth-order valence-corrected chi connectivity index (χ4v) is 3.01. The van der Waals surface area contributed by atoms with Crippen molar-refractivity contribution in [2.45, 2.75) is 6.54 Å². The molecule has 6 heteroatoms. The minimum absolute atomic E-state index is 0.0908. The molecule has 112 valence electrons. The van der Waals surface area contributed by atoms with Crippen LogP contribution in [-0.4, -0.2) is 28.1 Å². The van der Waals surface area contributed by atoms with E-state index in [0.717, 1.165) is 11.1 Å². The molecule has 2 heterocycles. The SMILES string of the molecule is CN(Cc1ccsc1)C(=O)c1cc(-c2cccc(Cl)c2)n[nH]1. The molecule has 0 saturated heterocycles. The van der Waals surface area contributed by atoms with E-state index in [0.29, 0.717) is 23.0 Å². The van der Waals surface area contributed by atoms with Crippen LogP contribution in [0.2, 0.25) is 5.02 Å². The zero-order chi connectivity index (χ0) is 15.5. The second-order valence-corrected chi connectivity index (χ2v) is 6.19. The predicted octanol–water partition coefficient (Wildman–Crippen LogP) is 4.06. The van der Waals surface area contributed by atoms with E-state index >= 15 is 0 Å². The summed E-state index contributed by atoms with van der Waals surface area (Å²) in [6, 6.07) is 11.2. The number of nitrogens with zero attached hydrogens (tertiary/aromatic N) is 2. The molecule has 3 rings (SSSR count). The Kier molecular flexibility index (Phi) is 4.27. The maximum absolute atomic E-state index is 12.4. The molecule has 0 bridgehead atoms. The molecule has 2 aromatic heterocycles. The van der Waals surface area contributed by atoms with Gasteiger partial charge in [-0.05, 0) is 40.6 Å². The molecule has 0 radical (unpaired) electrons. The van der Waals surface area contributed by atoms with E-state index in [9.17, 15) is 4.79 Å². The van der Waals surface area contributed by atoms with Gasteiger partial charge in [-0.3, -0.25) is 9.89 Å². The number of thiophene rings is 1. The molecular formula is C16H14ClN3OS. The summed E-state index contributed by atoms with van der Waals surface area (Å²) < 4.78 is 0. The number of hydrogen-bond acceptors (Lipinski definition) is 3. The van der Waals surface area contributed by atoms with Crippen molar-refractivity contribution < 1.29 is 4.79 Å². The quantitative estimate of drug-likeness (QED) is 0.783. The van der Waals surface area contributed by atoms with Gasteiger partial charge in [-0.2, -0.15) is 16.4 Å². The van der Waals surface area contributed by atoms with Crippen molar-refractivity contribution in [3.63, 3.8) is 0 Å². The summed E-state index contributed by atoms with van der Waals surface area (Å²) in [5, 5.41) is 11.7. The number of H-pyrrole nitrogens is 1. The van der Waals surface area contributed by atoms with Crippen molar-refractivity contribution in [2.24, 2.45) is 0 Å². The van der Waals surface area contributed by atoms with E-state index in [4.69, 9.17) is 11.6 Å². The van der Waals surface area contributed by atoms with Crippen LogP contribution in [0.3, 0.4) is 0 Å². The summed E-state index contributed by atoms with van der Waals surface area (Å²) in [7, 11) is 1.78. The van der Waals surface area contributed by atoms with E-state index in [1.165, 1.54) is 0 Å². The van der Waals surface area contributed by atoms with Gasteiger partial charge in [-0.15, -0.1) is 0 Å². The van der Waals surface area contributed by atoms with Crippen LogP contribution in [0.4, 0.5) is 0 Å². The molecule has 0 aliphatic rings. The van der Waals surface area contributed by atoms with Crippen molar-refractivity contribution in [3.05, 3.63) is 63.4 Å². The van der Waals surface area contributed by atoms with E-state index in [1.807, 2.05) is 35.0 Å². The molecule has 22 heavy (non-hydrogen) atoms. The second-order valence-electron chi connectivity index (χ2n) is 4.97. The fraction of sp³-hybridized carbons (Fsp3) is 0.125. The maximum Gasteiger partial charge on any atom is 0.271 e. The summed E-state index contributed by atoms with van der Waals surface area (Å²) in [6.45, 7) is 0.577. The molecule has 0 saturated carbocycles. The molecule has 0 atom stereocenters. The average molecular weight is 332 g/mol. The summed E-state index contributed by atoms with van der Waals surface area (Å²) in [4.78, 5) is 14.1. The molecule has 0 fully saturated rings. The van der Waals surface area contributed by atoms with Gasteiger partial charge in [-0.25, -0.2) is 0 Å². The summed E-state index contributed by atoms with van der Waals surface area (Å²) >= 11 is 7.60. The van der Waals surface area contributed by atoms with E-state index in [2.05, 4.69) is 10.2 Å². The molecule has 1 N–H and O–H groups in total. The van der Waals surface area contributed by atoms with Crippen LogP contribution in [0.15, 0.2) is 47.2 Å². The molecule has 3 aromatic rings. The second kappa shape index (κ2) is 6.34. The topological polar surface area (TPSA) is 49.0 Å². The molecule has 0 unspecified atom stereocenters. The van der Waals surface area contributed by atoms with Crippen LogP contribution in [0, 0.1) is 0 Å². The largest absolute Gasteiger partial charge is 0.336 e. The van der Waals surface area contributed by atoms with Gasteiger partial charge in [0.05, 0.1) is 5.69 Å². The highest BCUT2D eigenvalue weighted by atomic mass is 35.5. The van der Waals surface area contributed by atoms with E-state index in [-0.39, 0.29) is 5.91 Å². The van der Waals surface area contributed by atoms with Crippen molar-refractivity contribution in [2.75, 3.05) is 7.05 Å². The first kappa shape index (κ1) is 14.8. The smallest absolute Gasteiger partial charge is 0.271 e. The van der Waals surface area contributed by atoms with Crippen molar-refractivity contribution in [1.82, 2.24) is 15.1 Å². The monoisotopic (exact) mass is 331 g/mol. The number of rotatable bonds is 4. The molecule has 0 aliphatic heterocycles. The average Bonchev–Trinajstić information content (AvgIpc) is 3.17. The zero-order valence-electron chi connectivity index (χ0n) is 11.9. The third-order valence-corrected chi connectivity index (χ3v) is 4.24. The Bertz CT molecular complexity index is 782. The number of benzene rings is 1. The number of aromatic nitrogens is 2. The first-order valence-electron chi connectivity index (χ1n) is 6.71. The Balaban J connectivity index is 1.76. The highest BCUT2D eigenvalue weighted by Gasteiger charge is 2.16. The standard InChI is InChI=1S/C16H14ClN3OS/c1-20(9-11-5-6-22-10-11)16(21)15-8-14(18-19-15)12-3-2-4-13(17)7-12/h2-8,10H,9H2,1H3,(H,18,19). The predicted molar refractivity (Wildman–Crippen MR) is 89.2 cm³/mol. The van der Waals surface area contributed by atoms with Crippen molar-refractivity contribution in [3.8, 4) is 11.3 Å². The van der Waals surface area contributed by atoms with Gasteiger partial charge in [0, 0.05) is 24.2 Å². The van der Waals surface area contributed by atoms with Gasteiger partial charge in [0.15, 0.2) is 0 Å². The molecule has 0 aliphatic carbocycles.